The summed E-state index contributed by atoms with van der Waals surface area (Å²) < 4.78 is 11.1. The molecule has 5 nitrogen and oxygen atoms in total. The first-order chi connectivity index (χ1) is 13.5. The molecule has 3 aromatic rings. The van der Waals surface area contributed by atoms with Crippen LogP contribution in [-0.2, 0) is 0 Å². The molecule has 1 N–H and O–H groups in total. The van der Waals surface area contributed by atoms with Gasteiger partial charge in [-0.25, -0.2) is 4.98 Å². The number of thiazole rings is 1. The Morgan fingerprint density at radius 3 is 2.79 bits per heavy atom. The zero-order valence-corrected chi connectivity index (χ0v) is 18.1. The Hall–Kier alpha value is -2.38. The number of ether oxygens (including phenoxy) is 2. The second-order valence-corrected chi connectivity index (χ2v) is 8.18. The Kier molecular flexibility index (Phi) is 6.70. The smallest absolute Gasteiger partial charge is 0.263 e. The number of aromatic nitrogens is 1. The lowest BCUT2D eigenvalue weighted by Gasteiger charge is -2.17. The van der Waals surface area contributed by atoms with Gasteiger partial charge in [-0.1, -0.05) is 13.0 Å². The van der Waals surface area contributed by atoms with Crippen LogP contribution in [0.5, 0.6) is 11.5 Å². The minimum atomic E-state index is -0.173. The quantitative estimate of drug-likeness (QED) is 0.529. The minimum Gasteiger partial charge on any atom is -0.493 e. The minimum absolute atomic E-state index is 0.116. The van der Waals surface area contributed by atoms with Crippen molar-refractivity contribution in [3.63, 3.8) is 0 Å². The van der Waals surface area contributed by atoms with Crippen LogP contribution >= 0.6 is 22.7 Å². The van der Waals surface area contributed by atoms with Gasteiger partial charge in [0.05, 0.1) is 25.5 Å². The van der Waals surface area contributed by atoms with E-state index in [1.165, 1.54) is 11.3 Å². The highest BCUT2D eigenvalue weighted by Crippen LogP contribution is 2.32. The highest BCUT2D eigenvalue weighted by molar-refractivity contribution is 7.17. The van der Waals surface area contributed by atoms with Crippen molar-refractivity contribution < 1.29 is 14.3 Å². The Balaban J connectivity index is 1.74. The van der Waals surface area contributed by atoms with Gasteiger partial charge in [-0.3, -0.25) is 4.79 Å². The van der Waals surface area contributed by atoms with Crippen molar-refractivity contribution in [2.45, 2.75) is 33.2 Å². The molecule has 0 spiro atoms. The maximum Gasteiger partial charge on any atom is 0.263 e. The molecular formula is C21H24N2O3S2. The predicted octanol–water partition coefficient (Wildman–Crippen LogP) is 5.47. The number of rotatable bonds is 8. The molecule has 7 heteroatoms. The van der Waals surface area contributed by atoms with Crippen LogP contribution in [0, 0.1) is 6.92 Å². The van der Waals surface area contributed by atoms with Crippen LogP contribution in [0.25, 0.3) is 10.6 Å². The molecule has 0 bridgehead atoms. The Bertz CT molecular complexity index is 935. The third-order valence-electron chi connectivity index (χ3n) is 4.27. The normalized spacial score (nSPS) is 11.9. The molecule has 1 unspecified atom stereocenters. The van der Waals surface area contributed by atoms with Crippen LogP contribution in [0.15, 0.2) is 35.0 Å². The van der Waals surface area contributed by atoms with Gasteiger partial charge >= 0.3 is 0 Å². The average Bonchev–Trinajstić information content (AvgIpc) is 3.35. The van der Waals surface area contributed by atoms with E-state index in [1.54, 1.807) is 18.4 Å². The molecule has 148 valence electrons. The lowest BCUT2D eigenvalue weighted by atomic mass is 10.1. The van der Waals surface area contributed by atoms with Crippen LogP contribution < -0.4 is 14.8 Å². The molecular weight excluding hydrogens is 392 g/mol. The van der Waals surface area contributed by atoms with Crippen molar-refractivity contribution in [2.75, 3.05) is 13.7 Å². The molecule has 3 rings (SSSR count). The van der Waals surface area contributed by atoms with E-state index >= 15 is 0 Å². The number of carbonyl (C=O) groups excluding carboxylic acids is 1. The molecule has 28 heavy (non-hydrogen) atoms. The summed E-state index contributed by atoms with van der Waals surface area (Å²) >= 11 is 3.04. The monoisotopic (exact) mass is 416 g/mol. The largest absolute Gasteiger partial charge is 0.493 e. The molecule has 0 radical (unpaired) electrons. The first-order valence-electron chi connectivity index (χ1n) is 9.15. The molecule has 0 saturated heterocycles. The second kappa shape index (κ2) is 9.21. The summed E-state index contributed by atoms with van der Waals surface area (Å²) in [6.45, 7) is 6.52. The summed E-state index contributed by atoms with van der Waals surface area (Å²) in [5, 5.41) is 7.98. The molecule has 0 saturated carbocycles. The number of benzene rings is 1. The van der Waals surface area contributed by atoms with Crippen LogP contribution in [0.4, 0.5) is 0 Å². The zero-order valence-electron chi connectivity index (χ0n) is 16.4. The lowest BCUT2D eigenvalue weighted by molar-refractivity contribution is 0.0943. The van der Waals surface area contributed by atoms with Gasteiger partial charge in [0.2, 0.25) is 0 Å². The van der Waals surface area contributed by atoms with E-state index in [0.29, 0.717) is 23.0 Å². The number of nitrogens with one attached hydrogen (secondary N) is 1. The number of carbonyl (C=O) groups is 1. The Morgan fingerprint density at radius 2 is 2.11 bits per heavy atom. The van der Waals surface area contributed by atoms with Crippen molar-refractivity contribution in [1.82, 2.24) is 10.3 Å². The Labute approximate surface area is 173 Å². The topological polar surface area (TPSA) is 60.5 Å². The highest BCUT2D eigenvalue weighted by atomic mass is 32.1. The molecule has 0 fully saturated rings. The van der Waals surface area contributed by atoms with Gasteiger partial charge in [0.15, 0.2) is 11.5 Å². The van der Waals surface area contributed by atoms with Crippen LogP contribution in [0.1, 0.15) is 47.2 Å². The summed E-state index contributed by atoms with van der Waals surface area (Å²) in [5.74, 6) is 1.26. The summed E-state index contributed by atoms with van der Waals surface area (Å²) in [6.07, 6.45) is 0.929. The highest BCUT2D eigenvalue weighted by Gasteiger charge is 2.19. The SMILES string of the molecule is CCCOc1ccc(C(C)NC(=O)c2sc(-c3ccsc3)nc2C)cc1OC. The van der Waals surface area contributed by atoms with Crippen molar-refractivity contribution in [2.24, 2.45) is 0 Å². The van der Waals surface area contributed by atoms with Crippen molar-refractivity contribution in [3.05, 3.63) is 51.2 Å². The summed E-state index contributed by atoms with van der Waals surface area (Å²) in [7, 11) is 1.62. The molecule has 2 heterocycles. The van der Waals surface area contributed by atoms with Gasteiger partial charge in [0.1, 0.15) is 9.88 Å². The fraction of sp³-hybridized carbons (Fsp3) is 0.333. The standard InChI is InChI=1S/C21H24N2O3S2/c1-5-9-26-17-7-6-15(11-18(17)25-4)13(2)22-20(24)19-14(3)23-21(28-19)16-8-10-27-12-16/h6-8,10-13H,5,9H2,1-4H3,(H,22,24). The Morgan fingerprint density at radius 1 is 1.29 bits per heavy atom. The number of nitrogens with zero attached hydrogens (tertiary/aromatic N) is 1. The number of aryl methyl sites for hydroxylation is 1. The number of hydrogen-bond acceptors (Lipinski definition) is 6. The average molecular weight is 417 g/mol. The van der Waals surface area contributed by atoms with E-state index in [-0.39, 0.29) is 11.9 Å². The van der Waals surface area contributed by atoms with Crippen molar-refractivity contribution in [1.29, 1.82) is 0 Å². The lowest BCUT2D eigenvalue weighted by Crippen LogP contribution is -2.26. The van der Waals surface area contributed by atoms with E-state index in [9.17, 15) is 4.79 Å². The van der Waals surface area contributed by atoms with Crippen molar-refractivity contribution in [3.8, 4) is 22.1 Å². The number of hydrogen-bond donors (Lipinski definition) is 1. The molecule has 2 aromatic heterocycles. The summed E-state index contributed by atoms with van der Waals surface area (Å²) in [5.41, 5.74) is 2.75. The number of methoxy groups -OCH3 is 1. The fourth-order valence-corrected chi connectivity index (χ4v) is 4.43. The molecule has 1 amide bonds. The van der Waals surface area contributed by atoms with Crippen LogP contribution in [0.3, 0.4) is 0 Å². The van der Waals surface area contributed by atoms with E-state index in [0.717, 1.165) is 28.2 Å². The van der Waals surface area contributed by atoms with Crippen LogP contribution in [-0.4, -0.2) is 24.6 Å². The van der Waals surface area contributed by atoms with Gasteiger partial charge in [0, 0.05) is 10.9 Å². The molecule has 0 aliphatic carbocycles. The number of amides is 1. The van der Waals surface area contributed by atoms with Gasteiger partial charge in [-0.2, -0.15) is 11.3 Å². The van der Waals surface area contributed by atoms with Gasteiger partial charge in [-0.05, 0) is 49.4 Å². The first kappa shape index (κ1) is 20.4. The van der Waals surface area contributed by atoms with E-state index in [1.807, 2.05) is 48.9 Å². The predicted molar refractivity (Wildman–Crippen MR) is 115 cm³/mol. The van der Waals surface area contributed by atoms with E-state index < -0.39 is 0 Å². The molecule has 1 aromatic carbocycles. The second-order valence-electron chi connectivity index (χ2n) is 6.40. The van der Waals surface area contributed by atoms with Gasteiger partial charge in [-0.15, -0.1) is 11.3 Å². The summed E-state index contributed by atoms with van der Waals surface area (Å²) in [6, 6.07) is 7.59. The van der Waals surface area contributed by atoms with Crippen LogP contribution in [0.2, 0.25) is 0 Å². The third kappa shape index (κ3) is 4.54. The van der Waals surface area contributed by atoms with Gasteiger partial charge in [0.25, 0.3) is 5.91 Å². The maximum absolute atomic E-state index is 12.8. The summed E-state index contributed by atoms with van der Waals surface area (Å²) in [4.78, 5) is 18.0. The molecule has 0 aliphatic heterocycles. The molecule has 1 atom stereocenters. The van der Waals surface area contributed by atoms with E-state index in [4.69, 9.17) is 9.47 Å². The molecule has 0 aliphatic rings. The van der Waals surface area contributed by atoms with E-state index in [2.05, 4.69) is 17.2 Å². The fourth-order valence-electron chi connectivity index (χ4n) is 2.75. The zero-order chi connectivity index (χ0) is 20.1. The maximum atomic E-state index is 12.8. The third-order valence-corrected chi connectivity index (χ3v) is 6.16. The first-order valence-corrected chi connectivity index (χ1v) is 10.9. The van der Waals surface area contributed by atoms with Gasteiger partial charge < -0.3 is 14.8 Å². The number of thiophene rings is 1. The van der Waals surface area contributed by atoms with Crippen molar-refractivity contribution >= 4 is 28.6 Å².